The molecule has 0 saturated heterocycles. The summed E-state index contributed by atoms with van der Waals surface area (Å²) in [5.41, 5.74) is 5.05. The van der Waals surface area contributed by atoms with Crippen molar-refractivity contribution in [3.63, 3.8) is 0 Å². The number of primary amides is 1. The fourth-order valence-corrected chi connectivity index (χ4v) is 2.95. The average Bonchev–Trinajstić information content (AvgIpc) is 3.18. The van der Waals surface area contributed by atoms with Crippen molar-refractivity contribution in [3.05, 3.63) is 83.4 Å². The number of hydrogen-bond donors (Lipinski definition) is 1. The Kier molecular flexibility index (Phi) is 5.59. The van der Waals surface area contributed by atoms with Gasteiger partial charge in [0.25, 0.3) is 5.91 Å². The molecule has 0 radical (unpaired) electrons. The van der Waals surface area contributed by atoms with Gasteiger partial charge in [0.2, 0.25) is 5.91 Å². The minimum absolute atomic E-state index is 0.159. The van der Waals surface area contributed by atoms with Crippen LogP contribution in [-0.4, -0.2) is 33.5 Å². The summed E-state index contributed by atoms with van der Waals surface area (Å²) in [5, 5.41) is 3.46. The van der Waals surface area contributed by atoms with Gasteiger partial charge in [0.05, 0.1) is 5.69 Å². The number of amides is 2. The molecule has 3 aromatic rings. The molecule has 0 saturated carbocycles. The Bertz CT molecular complexity index is 1080. The van der Waals surface area contributed by atoms with E-state index in [1.54, 1.807) is 0 Å². The second-order valence-corrected chi connectivity index (χ2v) is 6.47. The highest BCUT2D eigenvalue weighted by Crippen LogP contribution is 2.28. The first kappa shape index (κ1) is 21.0. The zero-order valence-corrected chi connectivity index (χ0v) is 15.6. The number of nitrogens with zero attached hydrogens (tertiary/aromatic N) is 3. The molecule has 0 aliphatic rings. The zero-order chi connectivity index (χ0) is 22.1. The van der Waals surface area contributed by atoms with E-state index in [9.17, 15) is 27.2 Å². The highest BCUT2D eigenvalue weighted by molar-refractivity contribution is 5.97. The van der Waals surface area contributed by atoms with Crippen LogP contribution in [0.4, 0.5) is 17.6 Å². The maximum atomic E-state index is 13.5. The molecule has 10 heteroatoms. The fourth-order valence-electron chi connectivity index (χ4n) is 2.95. The number of nitrogens with two attached hydrogens (primary N) is 1. The van der Waals surface area contributed by atoms with Gasteiger partial charge in [-0.05, 0) is 48.0 Å². The molecule has 0 bridgehead atoms. The molecule has 1 heterocycles. The van der Waals surface area contributed by atoms with Crippen molar-refractivity contribution in [3.8, 4) is 5.69 Å². The molecular weight excluding hydrogens is 404 g/mol. The van der Waals surface area contributed by atoms with Gasteiger partial charge in [-0.2, -0.15) is 18.3 Å². The van der Waals surface area contributed by atoms with Gasteiger partial charge in [-0.3, -0.25) is 9.59 Å². The lowest BCUT2D eigenvalue weighted by Gasteiger charge is -2.26. The number of aromatic nitrogens is 2. The van der Waals surface area contributed by atoms with E-state index >= 15 is 0 Å². The Labute approximate surface area is 168 Å². The van der Waals surface area contributed by atoms with E-state index in [1.165, 1.54) is 49.5 Å². The molecule has 2 N–H and O–H groups in total. The molecule has 0 aliphatic carbocycles. The first-order valence-corrected chi connectivity index (χ1v) is 8.63. The van der Waals surface area contributed by atoms with E-state index < -0.39 is 35.5 Å². The Morgan fingerprint density at radius 3 is 2.30 bits per heavy atom. The van der Waals surface area contributed by atoms with E-state index in [0.717, 1.165) is 27.9 Å². The van der Waals surface area contributed by atoms with E-state index in [1.807, 2.05) is 0 Å². The van der Waals surface area contributed by atoms with Crippen LogP contribution >= 0.6 is 0 Å². The van der Waals surface area contributed by atoms with Crippen molar-refractivity contribution in [2.24, 2.45) is 5.73 Å². The Morgan fingerprint density at radius 2 is 1.77 bits per heavy atom. The lowest BCUT2D eigenvalue weighted by atomic mass is 10.0. The van der Waals surface area contributed by atoms with Gasteiger partial charge >= 0.3 is 6.18 Å². The van der Waals surface area contributed by atoms with Crippen LogP contribution in [0.5, 0.6) is 0 Å². The molecule has 30 heavy (non-hydrogen) atoms. The number of carbonyl (C=O) groups is 2. The highest BCUT2D eigenvalue weighted by atomic mass is 19.4. The largest absolute Gasteiger partial charge is 0.435 e. The summed E-state index contributed by atoms with van der Waals surface area (Å²) in [6.45, 7) is 0. The lowest BCUT2D eigenvalue weighted by Crippen LogP contribution is -2.39. The maximum Gasteiger partial charge on any atom is 0.435 e. The molecule has 1 aromatic heterocycles. The SMILES string of the molecule is CN(C(=O)c1ccc(-n2ccc(C(F)(F)F)n2)cc1)C(C(N)=O)c1cccc(F)c1. The quantitative estimate of drug-likeness (QED) is 0.643. The number of likely N-dealkylation sites (N-methyl/N-ethyl adjacent to an activating group) is 1. The Balaban J connectivity index is 1.84. The summed E-state index contributed by atoms with van der Waals surface area (Å²) in [5.74, 6) is -2.00. The second kappa shape index (κ2) is 7.97. The van der Waals surface area contributed by atoms with E-state index in [2.05, 4.69) is 5.10 Å². The maximum absolute atomic E-state index is 13.5. The van der Waals surface area contributed by atoms with E-state index in [-0.39, 0.29) is 11.1 Å². The number of carbonyl (C=O) groups excluding carboxylic acids is 2. The molecule has 0 spiro atoms. The van der Waals surface area contributed by atoms with Crippen LogP contribution in [0.15, 0.2) is 60.8 Å². The van der Waals surface area contributed by atoms with Crippen LogP contribution in [-0.2, 0) is 11.0 Å². The summed E-state index contributed by atoms with van der Waals surface area (Å²) >= 11 is 0. The van der Waals surface area contributed by atoms with Gasteiger partial charge in [-0.25, -0.2) is 9.07 Å². The molecule has 6 nitrogen and oxygen atoms in total. The molecule has 1 atom stereocenters. The average molecular weight is 420 g/mol. The van der Waals surface area contributed by atoms with Crippen molar-refractivity contribution in [1.29, 1.82) is 0 Å². The summed E-state index contributed by atoms with van der Waals surface area (Å²) in [6, 6.07) is 10.4. The third-order valence-electron chi connectivity index (χ3n) is 4.40. The Morgan fingerprint density at radius 1 is 1.10 bits per heavy atom. The highest BCUT2D eigenvalue weighted by Gasteiger charge is 2.33. The third kappa shape index (κ3) is 4.32. The van der Waals surface area contributed by atoms with Gasteiger partial charge in [0.1, 0.15) is 11.9 Å². The van der Waals surface area contributed by atoms with Crippen molar-refractivity contribution in [1.82, 2.24) is 14.7 Å². The summed E-state index contributed by atoms with van der Waals surface area (Å²) in [4.78, 5) is 25.8. The normalized spacial score (nSPS) is 12.4. The predicted octanol–water partition coefficient (Wildman–Crippen LogP) is 3.33. The van der Waals surface area contributed by atoms with Crippen molar-refractivity contribution >= 4 is 11.8 Å². The van der Waals surface area contributed by atoms with Crippen molar-refractivity contribution < 1.29 is 27.2 Å². The van der Waals surface area contributed by atoms with Gasteiger partial charge in [0.15, 0.2) is 5.69 Å². The zero-order valence-electron chi connectivity index (χ0n) is 15.6. The summed E-state index contributed by atoms with van der Waals surface area (Å²) < 4.78 is 52.6. The van der Waals surface area contributed by atoms with Crippen molar-refractivity contribution in [2.45, 2.75) is 12.2 Å². The molecule has 0 aliphatic heterocycles. The molecule has 1 unspecified atom stereocenters. The number of rotatable bonds is 5. The standard InChI is InChI=1S/C20H16F4N4O2/c1-27(17(18(25)29)13-3-2-4-14(21)11-13)19(30)12-5-7-15(8-6-12)28-10-9-16(26-28)20(22,23)24/h2-11,17H,1H3,(H2,25,29). The van der Waals surface area contributed by atoms with Crippen LogP contribution in [0.25, 0.3) is 5.69 Å². The van der Waals surface area contributed by atoms with Gasteiger partial charge in [-0.15, -0.1) is 0 Å². The first-order valence-electron chi connectivity index (χ1n) is 8.63. The molecular formula is C20H16F4N4O2. The van der Waals surface area contributed by atoms with Crippen LogP contribution in [0.1, 0.15) is 27.7 Å². The monoisotopic (exact) mass is 420 g/mol. The number of alkyl halides is 3. The number of benzene rings is 2. The fraction of sp³-hybridized carbons (Fsp3) is 0.150. The number of halogens is 4. The molecule has 2 amide bonds. The summed E-state index contributed by atoms with van der Waals surface area (Å²) in [6.07, 6.45) is -3.41. The molecule has 156 valence electrons. The van der Waals surface area contributed by atoms with E-state index in [4.69, 9.17) is 5.73 Å². The van der Waals surface area contributed by atoms with Crippen LogP contribution < -0.4 is 5.73 Å². The van der Waals surface area contributed by atoms with Crippen molar-refractivity contribution in [2.75, 3.05) is 7.05 Å². The smallest absolute Gasteiger partial charge is 0.368 e. The van der Waals surface area contributed by atoms with Gasteiger partial charge in [0, 0.05) is 18.8 Å². The van der Waals surface area contributed by atoms with Gasteiger partial charge < -0.3 is 10.6 Å². The van der Waals surface area contributed by atoms with Crippen LogP contribution in [0.3, 0.4) is 0 Å². The lowest BCUT2D eigenvalue weighted by molar-refractivity contribution is -0.141. The minimum Gasteiger partial charge on any atom is -0.368 e. The molecule has 3 rings (SSSR count). The molecule has 2 aromatic carbocycles. The predicted molar refractivity (Wildman–Crippen MR) is 99.0 cm³/mol. The van der Waals surface area contributed by atoms with Gasteiger partial charge in [-0.1, -0.05) is 12.1 Å². The van der Waals surface area contributed by atoms with E-state index in [0.29, 0.717) is 5.69 Å². The number of hydrogen-bond acceptors (Lipinski definition) is 3. The topological polar surface area (TPSA) is 81.2 Å². The minimum atomic E-state index is -4.56. The van der Waals surface area contributed by atoms with Crippen LogP contribution in [0.2, 0.25) is 0 Å². The van der Waals surface area contributed by atoms with Crippen LogP contribution in [0, 0.1) is 5.82 Å². The molecule has 0 fully saturated rings. The second-order valence-electron chi connectivity index (χ2n) is 6.47. The first-order chi connectivity index (χ1) is 14.1. The third-order valence-corrected chi connectivity index (χ3v) is 4.40. The Hall–Kier alpha value is -3.69. The summed E-state index contributed by atoms with van der Waals surface area (Å²) in [7, 11) is 1.35.